The summed E-state index contributed by atoms with van der Waals surface area (Å²) in [5, 5.41) is 7.76. The molecular weight excluding hydrogens is 202 g/mol. The van der Waals surface area contributed by atoms with Crippen molar-refractivity contribution in [3.05, 3.63) is 18.0 Å². The van der Waals surface area contributed by atoms with Gasteiger partial charge in [0.1, 0.15) is 0 Å². The second-order valence-electron chi connectivity index (χ2n) is 4.48. The van der Waals surface area contributed by atoms with Crippen LogP contribution in [0.1, 0.15) is 39.4 Å². The fraction of sp³-hybridized carbons (Fsp3) is 0.750. The third-order valence-corrected chi connectivity index (χ3v) is 2.23. The summed E-state index contributed by atoms with van der Waals surface area (Å²) in [6, 6.07) is 2.48. The standard InChI is InChI=1S/C12H23N3O/c1-10(2)15-7-5-12(14-15)9-13-6-8-16-11(3)4/h5,7,10-11,13H,6,8-9H2,1-4H3. The lowest BCUT2D eigenvalue weighted by atomic mass is 10.4. The van der Waals surface area contributed by atoms with E-state index in [1.54, 1.807) is 0 Å². The second kappa shape index (κ2) is 6.66. The topological polar surface area (TPSA) is 39.1 Å². The van der Waals surface area contributed by atoms with Crippen molar-refractivity contribution >= 4 is 0 Å². The van der Waals surface area contributed by atoms with Crippen LogP contribution in [0, 0.1) is 0 Å². The molecule has 1 aromatic rings. The monoisotopic (exact) mass is 225 g/mol. The Bertz CT molecular complexity index is 294. The quantitative estimate of drug-likeness (QED) is 0.721. The summed E-state index contributed by atoms with van der Waals surface area (Å²) in [7, 11) is 0. The van der Waals surface area contributed by atoms with E-state index in [-0.39, 0.29) is 0 Å². The molecule has 0 unspecified atom stereocenters. The fourth-order valence-electron chi connectivity index (χ4n) is 1.34. The Morgan fingerprint density at radius 2 is 2.12 bits per heavy atom. The van der Waals surface area contributed by atoms with Gasteiger partial charge in [-0.05, 0) is 33.8 Å². The summed E-state index contributed by atoms with van der Waals surface area (Å²) in [5.74, 6) is 0. The number of nitrogens with zero attached hydrogens (tertiary/aromatic N) is 2. The zero-order valence-electron chi connectivity index (χ0n) is 10.7. The molecule has 1 aromatic heterocycles. The Morgan fingerprint density at radius 1 is 1.38 bits per heavy atom. The highest BCUT2D eigenvalue weighted by Crippen LogP contribution is 2.03. The minimum absolute atomic E-state index is 0.307. The summed E-state index contributed by atoms with van der Waals surface area (Å²) in [5.41, 5.74) is 1.08. The van der Waals surface area contributed by atoms with Crippen LogP contribution in [-0.2, 0) is 11.3 Å². The number of hydrogen-bond donors (Lipinski definition) is 1. The van der Waals surface area contributed by atoms with Gasteiger partial charge in [0.25, 0.3) is 0 Å². The second-order valence-corrected chi connectivity index (χ2v) is 4.48. The summed E-state index contributed by atoms with van der Waals surface area (Å²) in [6.07, 6.45) is 2.33. The van der Waals surface area contributed by atoms with Gasteiger partial charge in [-0.1, -0.05) is 0 Å². The first kappa shape index (κ1) is 13.2. The number of aromatic nitrogens is 2. The Balaban J connectivity index is 2.17. The van der Waals surface area contributed by atoms with Crippen molar-refractivity contribution in [3.63, 3.8) is 0 Å². The van der Waals surface area contributed by atoms with Crippen molar-refractivity contribution in [2.75, 3.05) is 13.2 Å². The number of rotatable bonds is 7. The van der Waals surface area contributed by atoms with Gasteiger partial charge in [-0.3, -0.25) is 4.68 Å². The predicted molar refractivity (Wildman–Crippen MR) is 65.4 cm³/mol. The molecule has 16 heavy (non-hydrogen) atoms. The van der Waals surface area contributed by atoms with E-state index in [1.165, 1.54) is 0 Å². The molecule has 0 saturated carbocycles. The van der Waals surface area contributed by atoms with Crippen LogP contribution in [0.4, 0.5) is 0 Å². The average Bonchev–Trinajstić information content (AvgIpc) is 2.65. The molecule has 1 N–H and O–H groups in total. The first-order valence-electron chi connectivity index (χ1n) is 5.96. The molecule has 0 bridgehead atoms. The van der Waals surface area contributed by atoms with Gasteiger partial charge in [-0.2, -0.15) is 5.10 Å². The van der Waals surface area contributed by atoms with Crippen molar-refractivity contribution in [2.45, 2.75) is 46.4 Å². The van der Waals surface area contributed by atoms with Crippen molar-refractivity contribution in [1.29, 1.82) is 0 Å². The van der Waals surface area contributed by atoms with Gasteiger partial charge < -0.3 is 10.1 Å². The van der Waals surface area contributed by atoms with Gasteiger partial charge in [-0.25, -0.2) is 0 Å². The van der Waals surface area contributed by atoms with E-state index < -0.39 is 0 Å². The number of ether oxygens (including phenoxy) is 1. The zero-order chi connectivity index (χ0) is 12.0. The molecule has 0 fully saturated rings. The van der Waals surface area contributed by atoms with E-state index >= 15 is 0 Å². The van der Waals surface area contributed by atoms with Gasteiger partial charge in [0.05, 0.1) is 18.4 Å². The maximum atomic E-state index is 5.44. The van der Waals surface area contributed by atoms with Crippen LogP contribution in [0.3, 0.4) is 0 Å². The van der Waals surface area contributed by atoms with Crippen LogP contribution in [0.25, 0.3) is 0 Å². The molecular formula is C12H23N3O. The van der Waals surface area contributed by atoms with Crippen LogP contribution in [0.5, 0.6) is 0 Å². The fourth-order valence-corrected chi connectivity index (χ4v) is 1.34. The molecule has 0 radical (unpaired) electrons. The number of hydrogen-bond acceptors (Lipinski definition) is 3. The van der Waals surface area contributed by atoms with Gasteiger partial charge in [0.2, 0.25) is 0 Å². The van der Waals surface area contributed by atoms with E-state index in [0.717, 1.165) is 25.4 Å². The van der Waals surface area contributed by atoms with Crippen LogP contribution >= 0.6 is 0 Å². The van der Waals surface area contributed by atoms with Crippen LogP contribution in [0.15, 0.2) is 12.3 Å². The Kier molecular flexibility index (Phi) is 5.49. The van der Waals surface area contributed by atoms with Gasteiger partial charge in [0, 0.05) is 25.3 Å². The van der Waals surface area contributed by atoms with Crippen molar-refractivity contribution in [1.82, 2.24) is 15.1 Å². The molecule has 0 atom stereocenters. The lowest BCUT2D eigenvalue weighted by Crippen LogP contribution is -2.21. The van der Waals surface area contributed by atoms with E-state index in [0.29, 0.717) is 12.1 Å². The molecule has 0 aliphatic carbocycles. The molecule has 1 heterocycles. The summed E-state index contributed by atoms with van der Waals surface area (Å²) >= 11 is 0. The number of nitrogens with one attached hydrogen (secondary N) is 1. The highest BCUT2D eigenvalue weighted by molar-refractivity contribution is 4.98. The van der Waals surface area contributed by atoms with Gasteiger partial charge in [-0.15, -0.1) is 0 Å². The lowest BCUT2D eigenvalue weighted by molar-refractivity contribution is 0.0806. The van der Waals surface area contributed by atoms with Gasteiger partial charge >= 0.3 is 0 Å². The molecule has 0 amide bonds. The van der Waals surface area contributed by atoms with E-state index in [1.807, 2.05) is 24.7 Å². The highest BCUT2D eigenvalue weighted by atomic mass is 16.5. The van der Waals surface area contributed by atoms with Crippen LogP contribution in [0.2, 0.25) is 0 Å². The molecule has 0 aliphatic heterocycles. The summed E-state index contributed by atoms with van der Waals surface area (Å²) in [6.45, 7) is 10.8. The maximum absolute atomic E-state index is 5.44. The largest absolute Gasteiger partial charge is 0.377 e. The van der Waals surface area contributed by atoms with Crippen molar-refractivity contribution < 1.29 is 4.74 Å². The molecule has 0 spiro atoms. The molecule has 4 nitrogen and oxygen atoms in total. The third-order valence-electron chi connectivity index (χ3n) is 2.23. The molecule has 0 aromatic carbocycles. The van der Waals surface area contributed by atoms with Crippen molar-refractivity contribution in [2.24, 2.45) is 0 Å². The molecule has 0 saturated heterocycles. The first-order valence-corrected chi connectivity index (χ1v) is 5.96. The predicted octanol–water partition coefficient (Wildman–Crippen LogP) is 1.98. The Labute approximate surface area is 98.0 Å². The van der Waals surface area contributed by atoms with Crippen LogP contribution < -0.4 is 5.32 Å². The Hall–Kier alpha value is -0.870. The van der Waals surface area contributed by atoms with E-state index in [4.69, 9.17) is 4.74 Å². The SMILES string of the molecule is CC(C)OCCNCc1ccn(C(C)C)n1. The lowest BCUT2D eigenvalue weighted by Gasteiger charge is -2.07. The van der Waals surface area contributed by atoms with Crippen LogP contribution in [-0.4, -0.2) is 29.0 Å². The van der Waals surface area contributed by atoms with E-state index in [9.17, 15) is 0 Å². The van der Waals surface area contributed by atoms with Crippen molar-refractivity contribution in [3.8, 4) is 0 Å². The first-order chi connectivity index (χ1) is 7.59. The smallest absolute Gasteiger partial charge is 0.0762 e. The summed E-state index contributed by atoms with van der Waals surface area (Å²) < 4.78 is 7.41. The average molecular weight is 225 g/mol. The minimum Gasteiger partial charge on any atom is -0.377 e. The van der Waals surface area contributed by atoms with Gasteiger partial charge in [0.15, 0.2) is 0 Å². The highest BCUT2D eigenvalue weighted by Gasteiger charge is 2.01. The zero-order valence-corrected chi connectivity index (χ0v) is 10.7. The Morgan fingerprint density at radius 3 is 2.69 bits per heavy atom. The molecule has 4 heteroatoms. The third kappa shape index (κ3) is 4.77. The molecule has 1 rings (SSSR count). The van der Waals surface area contributed by atoms with E-state index in [2.05, 4.69) is 30.3 Å². The molecule has 92 valence electrons. The molecule has 0 aliphatic rings. The normalized spacial score (nSPS) is 11.6. The maximum Gasteiger partial charge on any atom is 0.0762 e. The minimum atomic E-state index is 0.307. The summed E-state index contributed by atoms with van der Waals surface area (Å²) in [4.78, 5) is 0.